The third kappa shape index (κ3) is 4.77. The number of nitrogens with zero attached hydrogens (tertiary/aromatic N) is 3. The number of hydrogen-bond donors (Lipinski definition) is 2. The van der Waals surface area contributed by atoms with Crippen LogP contribution in [0.2, 0.25) is 0 Å². The van der Waals surface area contributed by atoms with Crippen LogP contribution in [0.15, 0.2) is 64.4 Å². The van der Waals surface area contributed by atoms with Gasteiger partial charge in [-0.1, -0.05) is 42.1 Å². The molecule has 0 radical (unpaired) electrons. The summed E-state index contributed by atoms with van der Waals surface area (Å²) in [5.74, 6) is 0.200. The highest BCUT2D eigenvalue weighted by molar-refractivity contribution is 7.99. The molecular formula is C22H21N5O3S. The molecule has 158 valence electrons. The van der Waals surface area contributed by atoms with Gasteiger partial charge in [-0.3, -0.25) is 10.1 Å². The zero-order chi connectivity index (χ0) is 21.8. The molecule has 0 aliphatic rings. The largest absolute Gasteiger partial charge is 0.467 e. The molecule has 0 aliphatic heterocycles. The summed E-state index contributed by atoms with van der Waals surface area (Å²) in [6.45, 7) is 4.13. The predicted octanol–water partition coefficient (Wildman–Crippen LogP) is 3.72. The van der Waals surface area contributed by atoms with Gasteiger partial charge in [0.25, 0.3) is 0 Å². The highest BCUT2D eigenvalue weighted by Crippen LogP contribution is 2.30. The summed E-state index contributed by atoms with van der Waals surface area (Å²) < 4.78 is 6.91. The van der Waals surface area contributed by atoms with Crippen molar-refractivity contribution in [3.8, 4) is 11.3 Å². The standard InChI is InChI=1S/C22H21N5O3S/c1-14-11-15(2)26-27-20(14)19(16-7-4-3-5-8-16)25-22(27)31-13-18(28)24-21(29)23-12-17-9-6-10-30-17/h3-11H,12-13H2,1-2H3,(H2,23,24,28,29). The fraction of sp³-hybridized carbons (Fsp3) is 0.182. The maximum Gasteiger partial charge on any atom is 0.321 e. The lowest BCUT2D eigenvalue weighted by molar-refractivity contribution is -0.117. The number of benzene rings is 1. The molecule has 0 fully saturated rings. The third-order valence-electron chi connectivity index (χ3n) is 4.52. The molecule has 3 amide bonds. The molecule has 8 nitrogen and oxygen atoms in total. The lowest BCUT2D eigenvalue weighted by Crippen LogP contribution is -2.39. The smallest absolute Gasteiger partial charge is 0.321 e. The van der Waals surface area contributed by atoms with Gasteiger partial charge in [0.15, 0.2) is 5.16 Å². The Kier molecular flexibility index (Phi) is 6.03. The lowest BCUT2D eigenvalue weighted by atomic mass is 10.1. The zero-order valence-corrected chi connectivity index (χ0v) is 17.9. The average Bonchev–Trinajstić information content (AvgIpc) is 3.39. The van der Waals surface area contributed by atoms with E-state index in [1.807, 2.05) is 50.2 Å². The fourth-order valence-corrected chi connectivity index (χ4v) is 3.96. The van der Waals surface area contributed by atoms with Crippen molar-refractivity contribution >= 4 is 29.2 Å². The van der Waals surface area contributed by atoms with E-state index in [1.54, 1.807) is 16.6 Å². The molecule has 31 heavy (non-hydrogen) atoms. The Morgan fingerprint density at radius 1 is 1.13 bits per heavy atom. The number of aryl methyl sites for hydroxylation is 2. The molecule has 4 rings (SSSR count). The average molecular weight is 436 g/mol. The van der Waals surface area contributed by atoms with Gasteiger partial charge in [0.2, 0.25) is 5.91 Å². The Hall–Kier alpha value is -3.59. The van der Waals surface area contributed by atoms with Gasteiger partial charge < -0.3 is 9.73 Å². The summed E-state index contributed by atoms with van der Waals surface area (Å²) in [7, 11) is 0. The maximum atomic E-state index is 12.3. The number of carbonyl (C=O) groups is 2. The van der Waals surface area contributed by atoms with Crippen molar-refractivity contribution in [3.63, 3.8) is 0 Å². The minimum Gasteiger partial charge on any atom is -0.467 e. The second-order valence-electron chi connectivity index (χ2n) is 6.94. The number of nitrogens with one attached hydrogen (secondary N) is 2. The highest BCUT2D eigenvalue weighted by atomic mass is 32.2. The summed E-state index contributed by atoms with van der Waals surface area (Å²) in [5, 5.41) is 10.1. The van der Waals surface area contributed by atoms with Gasteiger partial charge >= 0.3 is 6.03 Å². The summed E-state index contributed by atoms with van der Waals surface area (Å²) in [5.41, 5.74) is 4.58. The first-order valence-corrected chi connectivity index (χ1v) is 10.6. The zero-order valence-electron chi connectivity index (χ0n) is 17.1. The molecule has 9 heteroatoms. The topological polar surface area (TPSA) is 102 Å². The Morgan fingerprint density at radius 3 is 2.68 bits per heavy atom. The van der Waals surface area contributed by atoms with Crippen LogP contribution in [0.1, 0.15) is 17.0 Å². The third-order valence-corrected chi connectivity index (χ3v) is 5.45. The number of carbonyl (C=O) groups excluding carboxylic acids is 2. The van der Waals surface area contributed by atoms with Gasteiger partial charge in [-0.05, 0) is 37.6 Å². The van der Waals surface area contributed by atoms with Gasteiger partial charge in [0.1, 0.15) is 5.76 Å². The molecule has 3 heterocycles. The van der Waals surface area contributed by atoms with Gasteiger partial charge in [-0.2, -0.15) is 5.10 Å². The van der Waals surface area contributed by atoms with E-state index in [0.29, 0.717) is 10.9 Å². The van der Waals surface area contributed by atoms with Crippen LogP contribution in [0.3, 0.4) is 0 Å². The van der Waals surface area contributed by atoms with Crippen molar-refractivity contribution in [1.82, 2.24) is 25.2 Å². The van der Waals surface area contributed by atoms with E-state index in [0.717, 1.165) is 28.0 Å². The van der Waals surface area contributed by atoms with Gasteiger partial charge in [-0.25, -0.2) is 14.3 Å². The van der Waals surface area contributed by atoms with Crippen molar-refractivity contribution < 1.29 is 14.0 Å². The number of urea groups is 1. The fourth-order valence-electron chi connectivity index (χ4n) is 3.22. The summed E-state index contributed by atoms with van der Waals surface area (Å²) >= 11 is 1.23. The molecule has 0 atom stereocenters. The number of imide groups is 1. The molecule has 1 aromatic carbocycles. The van der Waals surface area contributed by atoms with Crippen molar-refractivity contribution in [2.75, 3.05) is 5.75 Å². The van der Waals surface area contributed by atoms with Crippen molar-refractivity contribution in [2.45, 2.75) is 25.5 Å². The van der Waals surface area contributed by atoms with Crippen molar-refractivity contribution in [3.05, 3.63) is 71.8 Å². The van der Waals surface area contributed by atoms with Gasteiger partial charge in [0.05, 0.1) is 35.5 Å². The number of amides is 3. The number of thioether (sulfide) groups is 1. The number of hydrogen-bond acceptors (Lipinski definition) is 6. The lowest BCUT2D eigenvalue weighted by Gasteiger charge is -2.06. The summed E-state index contributed by atoms with van der Waals surface area (Å²) in [4.78, 5) is 28.9. The number of imidazole rings is 1. The van der Waals surface area contributed by atoms with E-state index in [9.17, 15) is 9.59 Å². The quantitative estimate of drug-likeness (QED) is 0.448. The molecule has 0 spiro atoms. The highest BCUT2D eigenvalue weighted by Gasteiger charge is 2.18. The van der Waals surface area contributed by atoms with Crippen LogP contribution in [0.5, 0.6) is 0 Å². The first-order valence-electron chi connectivity index (χ1n) is 9.66. The minimum absolute atomic E-state index is 0.0240. The molecule has 4 aromatic rings. The van der Waals surface area contributed by atoms with Crippen LogP contribution in [0.25, 0.3) is 16.8 Å². The van der Waals surface area contributed by atoms with Crippen LogP contribution in [0.4, 0.5) is 4.79 Å². The molecule has 0 aliphatic carbocycles. The Bertz CT molecular complexity index is 1220. The Balaban J connectivity index is 1.48. The first-order chi connectivity index (χ1) is 15.0. The van der Waals surface area contributed by atoms with E-state index in [2.05, 4.69) is 15.7 Å². The van der Waals surface area contributed by atoms with E-state index < -0.39 is 11.9 Å². The number of rotatable bonds is 6. The number of furan rings is 1. The number of aromatic nitrogens is 3. The monoisotopic (exact) mass is 435 g/mol. The first kappa shape index (κ1) is 20.7. The minimum atomic E-state index is -0.579. The van der Waals surface area contributed by atoms with Crippen LogP contribution >= 0.6 is 11.8 Å². The van der Waals surface area contributed by atoms with Crippen molar-refractivity contribution in [1.29, 1.82) is 0 Å². The second-order valence-corrected chi connectivity index (χ2v) is 7.88. The maximum absolute atomic E-state index is 12.3. The molecular weight excluding hydrogens is 414 g/mol. The molecule has 0 saturated heterocycles. The van der Waals surface area contributed by atoms with Crippen LogP contribution in [-0.4, -0.2) is 32.3 Å². The predicted molar refractivity (Wildman–Crippen MR) is 118 cm³/mol. The van der Waals surface area contributed by atoms with E-state index in [1.165, 1.54) is 18.0 Å². The van der Waals surface area contributed by atoms with Crippen LogP contribution in [-0.2, 0) is 11.3 Å². The Labute approximate surface area is 183 Å². The molecule has 0 bridgehead atoms. The summed E-state index contributed by atoms with van der Waals surface area (Å²) in [6.07, 6.45) is 1.52. The Morgan fingerprint density at radius 2 is 1.94 bits per heavy atom. The number of fused-ring (bicyclic) bond motifs is 1. The molecule has 3 aromatic heterocycles. The molecule has 0 unspecified atom stereocenters. The van der Waals surface area contributed by atoms with E-state index >= 15 is 0 Å². The molecule has 2 N–H and O–H groups in total. The normalized spacial score (nSPS) is 10.9. The van der Waals surface area contributed by atoms with Gasteiger partial charge in [-0.15, -0.1) is 0 Å². The van der Waals surface area contributed by atoms with E-state index in [4.69, 9.17) is 9.40 Å². The van der Waals surface area contributed by atoms with Crippen LogP contribution in [0, 0.1) is 13.8 Å². The van der Waals surface area contributed by atoms with Crippen LogP contribution < -0.4 is 10.6 Å². The van der Waals surface area contributed by atoms with Crippen molar-refractivity contribution in [2.24, 2.45) is 0 Å². The van der Waals surface area contributed by atoms with Gasteiger partial charge in [0, 0.05) is 5.56 Å². The summed E-state index contributed by atoms with van der Waals surface area (Å²) in [6, 6.07) is 14.7. The molecule has 0 saturated carbocycles. The van der Waals surface area contributed by atoms with E-state index in [-0.39, 0.29) is 12.3 Å². The SMILES string of the molecule is Cc1cc(C)c2c(-c3ccccc3)nc(SCC(=O)NC(=O)NCc3ccco3)n2n1. The second kappa shape index (κ2) is 9.05.